The van der Waals surface area contributed by atoms with Gasteiger partial charge in [-0.1, -0.05) is 19.1 Å². The summed E-state index contributed by atoms with van der Waals surface area (Å²) in [5.74, 6) is 0.377. The molecular weight excluding hydrogens is 469 g/mol. The maximum atomic E-state index is 13.0. The molecular formula is C22H23F3N6O2S. The fraction of sp³-hybridized carbons (Fsp3) is 0.318. The van der Waals surface area contributed by atoms with E-state index in [-0.39, 0.29) is 24.4 Å². The van der Waals surface area contributed by atoms with Crippen LogP contribution in [0.1, 0.15) is 28.7 Å². The number of nitrogens with zero attached hydrogens (tertiary/aromatic N) is 5. The number of hydrazone groups is 1. The Morgan fingerprint density at radius 2 is 1.94 bits per heavy atom. The lowest BCUT2D eigenvalue weighted by atomic mass is 10.2. The minimum Gasteiger partial charge on any atom is -0.495 e. The summed E-state index contributed by atoms with van der Waals surface area (Å²) in [6.07, 6.45) is 3.52. The zero-order valence-electron chi connectivity index (χ0n) is 18.5. The van der Waals surface area contributed by atoms with E-state index < -0.39 is 5.51 Å². The summed E-state index contributed by atoms with van der Waals surface area (Å²) < 4.78 is 45.5. The number of ether oxygens (including phenoxy) is 1. The van der Waals surface area contributed by atoms with Crippen LogP contribution in [0.3, 0.4) is 0 Å². The van der Waals surface area contributed by atoms with Crippen molar-refractivity contribution in [3.05, 3.63) is 59.5 Å². The van der Waals surface area contributed by atoms with Crippen molar-refractivity contribution in [2.24, 2.45) is 5.10 Å². The normalized spacial score (nSPS) is 14.0. The van der Waals surface area contributed by atoms with Gasteiger partial charge >= 0.3 is 5.51 Å². The summed E-state index contributed by atoms with van der Waals surface area (Å²) in [6, 6.07) is 10.9. The Kier molecular flexibility index (Phi) is 6.87. The molecule has 0 aliphatic carbocycles. The molecule has 34 heavy (non-hydrogen) atoms. The van der Waals surface area contributed by atoms with Crippen molar-refractivity contribution in [1.82, 2.24) is 19.0 Å². The molecule has 1 aliphatic rings. The van der Waals surface area contributed by atoms with Gasteiger partial charge in [0, 0.05) is 6.54 Å². The van der Waals surface area contributed by atoms with Gasteiger partial charge in [-0.3, -0.25) is 18.5 Å². The number of alkyl halides is 3. The lowest BCUT2D eigenvalue weighted by Crippen LogP contribution is -2.35. The molecule has 2 aromatic heterocycles. The van der Waals surface area contributed by atoms with Crippen molar-refractivity contribution >= 4 is 35.5 Å². The number of fused-ring (bicyclic) bond motifs is 1. The van der Waals surface area contributed by atoms with Crippen LogP contribution in [0.4, 0.5) is 18.9 Å². The van der Waals surface area contributed by atoms with Gasteiger partial charge in [0.2, 0.25) is 0 Å². The van der Waals surface area contributed by atoms with E-state index in [4.69, 9.17) is 4.74 Å². The molecule has 1 aliphatic heterocycles. The van der Waals surface area contributed by atoms with E-state index in [0.29, 0.717) is 42.3 Å². The van der Waals surface area contributed by atoms with Crippen molar-refractivity contribution in [1.29, 1.82) is 0 Å². The number of anilines is 1. The SMILES string of the molecule is CCc1nc2ccc(OC)cn2c1C(=O)NCc1ccc(N2CCN(SC(F)(F)F)C=N2)cc1. The van der Waals surface area contributed by atoms with Crippen LogP contribution in [-0.2, 0) is 13.0 Å². The number of hydrogen-bond acceptors (Lipinski definition) is 7. The van der Waals surface area contributed by atoms with Crippen LogP contribution in [0, 0.1) is 0 Å². The molecule has 0 spiro atoms. The molecule has 3 aromatic rings. The summed E-state index contributed by atoms with van der Waals surface area (Å²) in [5, 5.41) is 8.66. The number of carbonyl (C=O) groups excluding carboxylic acids is 1. The Morgan fingerprint density at radius 1 is 1.18 bits per heavy atom. The topological polar surface area (TPSA) is 74.5 Å². The first-order valence-electron chi connectivity index (χ1n) is 10.5. The zero-order chi connectivity index (χ0) is 24.3. The second-order valence-electron chi connectivity index (χ2n) is 7.44. The minimum absolute atomic E-state index is 0.190. The molecule has 1 amide bonds. The standard InChI is InChI=1S/C22H23F3N6O2S/c1-3-18-20(30-13-17(33-2)8-9-19(30)28-18)21(32)26-12-15-4-6-16(7-5-15)31-11-10-29(14-27-31)34-22(23,24)25/h4-9,13-14H,3,10-12H2,1-2H3,(H,26,32). The van der Waals surface area contributed by atoms with Gasteiger partial charge in [0.05, 0.1) is 49.7 Å². The highest BCUT2D eigenvalue weighted by Gasteiger charge is 2.33. The highest BCUT2D eigenvalue weighted by molar-refractivity contribution is 7.98. The number of halogens is 3. The van der Waals surface area contributed by atoms with Crippen molar-refractivity contribution in [2.75, 3.05) is 25.2 Å². The van der Waals surface area contributed by atoms with E-state index in [9.17, 15) is 18.0 Å². The van der Waals surface area contributed by atoms with E-state index in [0.717, 1.165) is 15.6 Å². The number of carbonyl (C=O) groups is 1. The second kappa shape index (κ2) is 9.84. The number of amides is 1. The Balaban J connectivity index is 1.40. The predicted octanol–water partition coefficient (Wildman–Crippen LogP) is 4.07. The van der Waals surface area contributed by atoms with Crippen LogP contribution in [0.25, 0.3) is 5.65 Å². The summed E-state index contributed by atoms with van der Waals surface area (Å²) in [4.78, 5) is 17.5. The third-order valence-corrected chi connectivity index (χ3v) is 5.93. The number of benzene rings is 1. The van der Waals surface area contributed by atoms with Crippen molar-refractivity contribution in [2.45, 2.75) is 25.4 Å². The van der Waals surface area contributed by atoms with Gasteiger partial charge in [0.1, 0.15) is 23.4 Å². The van der Waals surface area contributed by atoms with Crippen molar-refractivity contribution in [3.8, 4) is 5.75 Å². The monoisotopic (exact) mass is 492 g/mol. The van der Waals surface area contributed by atoms with Gasteiger partial charge in [-0.25, -0.2) is 4.98 Å². The Morgan fingerprint density at radius 3 is 2.56 bits per heavy atom. The first-order chi connectivity index (χ1) is 16.3. The Labute approximate surface area is 198 Å². The van der Waals surface area contributed by atoms with E-state index in [1.54, 1.807) is 34.8 Å². The number of aromatic nitrogens is 2. The average molecular weight is 493 g/mol. The summed E-state index contributed by atoms with van der Waals surface area (Å²) in [5.41, 5.74) is -0.880. The highest BCUT2D eigenvalue weighted by atomic mass is 32.2. The van der Waals surface area contributed by atoms with Gasteiger partial charge in [-0.15, -0.1) is 0 Å². The summed E-state index contributed by atoms with van der Waals surface area (Å²) in [6.45, 7) is 2.76. The zero-order valence-corrected chi connectivity index (χ0v) is 19.4. The van der Waals surface area contributed by atoms with Crippen LogP contribution in [0.5, 0.6) is 5.75 Å². The molecule has 3 heterocycles. The highest BCUT2D eigenvalue weighted by Crippen LogP contribution is 2.33. The molecule has 1 aromatic carbocycles. The van der Waals surface area contributed by atoms with Gasteiger partial charge in [0.15, 0.2) is 0 Å². The quantitative estimate of drug-likeness (QED) is 0.502. The number of pyridine rings is 1. The van der Waals surface area contributed by atoms with E-state index in [2.05, 4.69) is 15.4 Å². The molecule has 0 radical (unpaired) electrons. The number of hydrogen-bond donors (Lipinski definition) is 1. The lowest BCUT2D eigenvalue weighted by molar-refractivity contribution is -0.0351. The molecule has 4 rings (SSSR count). The van der Waals surface area contributed by atoms with E-state index >= 15 is 0 Å². The first kappa shape index (κ1) is 23.7. The molecule has 0 saturated carbocycles. The van der Waals surface area contributed by atoms with Crippen LogP contribution in [0.2, 0.25) is 0 Å². The van der Waals surface area contributed by atoms with Crippen LogP contribution in [-0.4, -0.2) is 51.6 Å². The smallest absolute Gasteiger partial charge is 0.461 e. The van der Waals surface area contributed by atoms with Crippen LogP contribution in [0.15, 0.2) is 47.7 Å². The van der Waals surface area contributed by atoms with Crippen molar-refractivity contribution < 1.29 is 22.7 Å². The molecule has 0 bridgehead atoms. The lowest BCUT2D eigenvalue weighted by Gasteiger charge is -2.29. The Bertz CT molecular complexity index is 1200. The molecule has 0 saturated heterocycles. The molecule has 0 fully saturated rings. The number of rotatable bonds is 7. The fourth-order valence-corrected chi connectivity index (χ4v) is 4.09. The molecule has 1 N–H and O–H groups in total. The Hall–Kier alpha value is -3.41. The maximum absolute atomic E-state index is 13.0. The van der Waals surface area contributed by atoms with Gasteiger partial charge in [-0.05, 0) is 36.2 Å². The molecule has 0 atom stereocenters. The number of nitrogens with one attached hydrogen (secondary N) is 1. The minimum atomic E-state index is -4.34. The molecule has 12 heteroatoms. The third-order valence-electron chi connectivity index (χ3n) is 5.21. The molecule has 0 unspecified atom stereocenters. The summed E-state index contributed by atoms with van der Waals surface area (Å²) >= 11 is -0.205. The van der Waals surface area contributed by atoms with E-state index in [1.165, 1.54) is 6.34 Å². The largest absolute Gasteiger partial charge is 0.495 e. The molecule has 8 nitrogen and oxygen atoms in total. The maximum Gasteiger partial charge on any atom is 0.461 e. The average Bonchev–Trinajstić information content (AvgIpc) is 3.20. The predicted molar refractivity (Wildman–Crippen MR) is 125 cm³/mol. The van der Waals surface area contributed by atoms with Crippen LogP contribution >= 0.6 is 11.9 Å². The second-order valence-corrected chi connectivity index (χ2v) is 8.55. The van der Waals surface area contributed by atoms with Crippen molar-refractivity contribution in [3.63, 3.8) is 0 Å². The van der Waals surface area contributed by atoms with Crippen LogP contribution < -0.4 is 15.1 Å². The van der Waals surface area contributed by atoms with Gasteiger partial charge < -0.3 is 10.1 Å². The first-order valence-corrected chi connectivity index (χ1v) is 11.3. The summed E-state index contributed by atoms with van der Waals surface area (Å²) in [7, 11) is 1.56. The molecule has 180 valence electrons. The number of aryl methyl sites for hydroxylation is 1. The van der Waals surface area contributed by atoms with Gasteiger partial charge in [0.25, 0.3) is 5.91 Å². The van der Waals surface area contributed by atoms with Gasteiger partial charge in [-0.2, -0.15) is 18.3 Å². The number of imidazole rings is 1. The number of methoxy groups -OCH3 is 1. The fourth-order valence-electron chi connectivity index (χ4n) is 3.56. The van der Waals surface area contributed by atoms with E-state index in [1.807, 2.05) is 31.2 Å². The third kappa shape index (κ3) is 5.38.